The van der Waals surface area contributed by atoms with Gasteiger partial charge >= 0.3 is 0 Å². The van der Waals surface area contributed by atoms with E-state index in [1.165, 1.54) is 0 Å². The molecule has 1 aromatic heterocycles. The maximum absolute atomic E-state index is 6.11. The number of nitrogens with two attached hydrogens (primary N) is 1. The van der Waals surface area contributed by atoms with Gasteiger partial charge in [0.1, 0.15) is 0 Å². The van der Waals surface area contributed by atoms with Gasteiger partial charge in [-0.3, -0.25) is 5.10 Å². The molecule has 0 aliphatic carbocycles. The third-order valence-electron chi connectivity index (χ3n) is 4.04. The number of hydrogen-bond donors (Lipinski definition) is 3. The van der Waals surface area contributed by atoms with Crippen molar-refractivity contribution in [1.29, 1.82) is 0 Å². The third-order valence-corrected chi connectivity index (χ3v) is 4.04. The maximum atomic E-state index is 6.11. The van der Waals surface area contributed by atoms with Gasteiger partial charge in [-0.1, -0.05) is 20.8 Å². The van der Waals surface area contributed by atoms with Crippen LogP contribution in [0, 0.1) is 0 Å². The molecule has 4 heteroatoms. The van der Waals surface area contributed by atoms with Gasteiger partial charge in [-0.05, 0) is 31.4 Å². The highest BCUT2D eigenvalue weighted by Crippen LogP contribution is 2.31. The van der Waals surface area contributed by atoms with E-state index >= 15 is 0 Å². The molecule has 0 fully saturated rings. The number of hydrogen-bond acceptors (Lipinski definition) is 3. The number of nitrogens with one attached hydrogen (secondary N) is 2. The van der Waals surface area contributed by atoms with Crippen LogP contribution in [0.4, 0.5) is 11.4 Å². The van der Waals surface area contributed by atoms with Gasteiger partial charge in [0.05, 0.1) is 23.1 Å². The molecule has 0 unspecified atom stereocenters. The van der Waals surface area contributed by atoms with Crippen molar-refractivity contribution in [1.82, 2.24) is 10.2 Å². The number of rotatable bonds is 5. The number of H-pyrrole nitrogens is 1. The average Bonchev–Trinajstić information content (AvgIpc) is 2.83. The lowest BCUT2D eigenvalue weighted by Gasteiger charge is -2.33. The number of benzene rings is 1. The van der Waals surface area contributed by atoms with Crippen molar-refractivity contribution in [2.75, 3.05) is 11.1 Å². The van der Waals surface area contributed by atoms with Crippen LogP contribution in [0.3, 0.4) is 0 Å². The molecule has 4 N–H and O–H groups in total. The summed E-state index contributed by atoms with van der Waals surface area (Å²) in [5, 5.41) is 11.7. The predicted molar refractivity (Wildman–Crippen MR) is 77.7 cm³/mol. The van der Waals surface area contributed by atoms with Gasteiger partial charge in [0, 0.05) is 10.9 Å². The van der Waals surface area contributed by atoms with Crippen molar-refractivity contribution in [3.05, 3.63) is 18.3 Å². The Bertz CT molecular complexity index is 517. The number of nitrogen functional groups attached to an aromatic ring is 1. The van der Waals surface area contributed by atoms with Crippen molar-refractivity contribution in [3.8, 4) is 0 Å². The smallest absolute Gasteiger partial charge is 0.0672 e. The molecule has 0 aliphatic rings. The SMILES string of the molecule is CCC(CC)(CC)Nc1cc2[nH]ncc2cc1N. The van der Waals surface area contributed by atoms with Crippen molar-refractivity contribution < 1.29 is 0 Å². The van der Waals surface area contributed by atoms with Gasteiger partial charge < -0.3 is 11.1 Å². The van der Waals surface area contributed by atoms with Crippen LogP contribution in [0.2, 0.25) is 0 Å². The number of nitrogens with zero attached hydrogens (tertiary/aromatic N) is 1. The second kappa shape index (κ2) is 4.88. The van der Waals surface area contributed by atoms with E-state index in [1.54, 1.807) is 6.20 Å². The van der Waals surface area contributed by atoms with Crippen LogP contribution in [0.5, 0.6) is 0 Å². The van der Waals surface area contributed by atoms with Gasteiger partial charge in [-0.2, -0.15) is 5.10 Å². The monoisotopic (exact) mass is 246 g/mol. The lowest BCUT2D eigenvalue weighted by molar-refractivity contribution is 0.420. The Morgan fingerprint density at radius 3 is 2.50 bits per heavy atom. The van der Waals surface area contributed by atoms with E-state index in [0.717, 1.165) is 41.5 Å². The second-order valence-corrected chi connectivity index (χ2v) is 4.86. The van der Waals surface area contributed by atoms with E-state index in [1.807, 2.05) is 12.1 Å². The molecule has 18 heavy (non-hydrogen) atoms. The summed E-state index contributed by atoms with van der Waals surface area (Å²) in [7, 11) is 0. The van der Waals surface area contributed by atoms with E-state index in [4.69, 9.17) is 5.73 Å². The number of aromatic nitrogens is 2. The van der Waals surface area contributed by atoms with Crippen LogP contribution in [-0.2, 0) is 0 Å². The van der Waals surface area contributed by atoms with Gasteiger partial charge in [0.25, 0.3) is 0 Å². The molecule has 0 saturated carbocycles. The predicted octanol–water partition coefficient (Wildman–Crippen LogP) is 3.53. The molecule has 1 aromatic carbocycles. The molecular weight excluding hydrogens is 224 g/mol. The van der Waals surface area contributed by atoms with Crippen LogP contribution in [0.15, 0.2) is 18.3 Å². The van der Waals surface area contributed by atoms with Crippen molar-refractivity contribution in [2.24, 2.45) is 0 Å². The summed E-state index contributed by atoms with van der Waals surface area (Å²) in [6, 6.07) is 4.01. The standard InChI is InChI=1S/C14H22N4/c1-4-14(5-2,6-3)17-13-8-12-10(7-11(13)15)9-16-18-12/h7-9,17H,4-6,15H2,1-3H3,(H,16,18). The molecule has 0 amide bonds. The summed E-state index contributed by atoms with van der Waals surface area (Å²) in [5.41, 5.74) is 9.04. The molecule has 0 atom stereocenters. The minimum absolute atomic E-state index is 0.127. The highest BCUT2D eigenvalue weighted by Gasteiger charge is 2.24. The lowest BCUT2D eigenvalue weighted by Crippen LogP contribution is -2.36. The molecule has 4 nitrogen and oxygen atoms in total. The Balaban J connectivity index is 2.38. The number of fused-ring (bicyclic) bond motifs is 1. The highest BCUT2D eigenvalue weighted by molar-refractivity contribution is 5.88. The van der Waals surface area contributed by atoms with E-state index in [-0.39, 0.29) is 5.54 Å². The minimum Gasteiger partial charge on any atom is -0.397 e. The Morgan fingerprint density at radius 2 is 1.89 bits per heavy atom. The first kappa shape index (κ1) is 12.7. The zero-order valence-corrected chi connectivity index (χ0v) is 11.4. The first-order valence-electron chi connectivity index (χ1n) is 6.65. The largest absolute Gasteiger partial charge is 0.397 e. The summed E-state index contributed by atoms with van der Waals surface area (Å²) in [6.45, 7) is 6.64. The Labute approximate surface area is 108 Å². The molecular formula is C14H22N4. The number of aromatic amines is 1. The van der Waals surface area contributed by atoms with Crippen LogP contribution in [0.1, 0.15) is 40.0 Å². The zero-order valence-electron chi connectivity index (χ0n) is 11.4. The second-order valence-electron chi connectivity index (χ2n) is 4.86. The molecule has 0 bridgehead atoms. The molecule has 2 aromatic rings. The Hall–Kier alpha value is -1.71. The van der Waals surface area contributed by atoms with Crippen LogP contribution < -0.4 is 11.1 Å². The summed E-state index contributed by atoms with van der Waals surface area (Å²) in [6.07, 6.45) is 5.05. The van der Waals surface area contributed by atoms with Crippen molar-refractivity contribution in [2.45, 2.75) is 45.6 Å². The molecule has 0 saturated heterocycles. The third kappa shape index (κ3) is 2.15. The first-order valence-corrected chi connectivity index (χ1v) is 6.65. The molecule has 1 heterocycles. The van der Waals surface area contributed by atoms with Crippen LogP contribution >= 0.6 is 0 Å². The van der Waals surface area contributed by atoms with Gasteiger partial charge in [0.15, 0.2) is 0 Å². The molecule has 2 rings (SSSR count). The van der Waals surface area contributed by atoms with Gasteiger partial charge in [-0.15, -0.1) is 0 Å². The van der Waals surface area contributed by atoms with Crippen LogP contribution in [0.25, 0.3) is 10.9 Å². The normalized spacial score (nSPS) is 11.9. The highest BCUT2D eigenvalue weighted by atomic mass is 15.1. The van der Waals surface area contributed by atoms with Crippen LogP contribution in [-0.4, -0.2) is 15.7 Å². The van der Waals surface area contributed by atoms with Gasteiger partial charge in [0.2, 0.25) is 0 Å². The molecule has 0 aliphatic heterocycles. The van der Waals surface area contributed by atoms with E-state index in [9.17, 15) is 0 Å². The summed E-state index contributed by atoms with van der Waals surface area (Å²) < 4.78 is 0. The van der Waals surface area contributed by atoms with Gasteiger partial charge in [-0.25, -0.2) is 0 Å². The summed E-state index contributed by atoms with van der Waals surface area (Å²) in [5.74, 6) is 0. The fraction of sp³-hybridized carbons (Fsp3) is 0.500. The van der Waals surface area contributed by atoms with Crippen molar-refractivity contribution >= 4 is 22.3 Å². The van der Waals surface area contributed by atoms with E-state index < -0.39 is 0 Å². The Morgan fingerprint density at radius 1 is 1.22 bits per heavy atom. The zero-order chi connectivity index (χ0) is 13.2. The fourth-order valence-electron chi connectivity index (χ4n) is 2.42. The number of anilines is 2. The van der Waals surface area contributed by atoms with Crippen molar-refractivity contribution in [3.63, 3.8) is 0 Å². The first-order chi connectivity index (χ1) is 8.64. The molecule has 0 spiro atoms. The average molecular weight is 246 g/mol. The van der Waals surface area contributed by atoms with E-state index in [2.05, 4.69) is 36.3 Å². The Kier molecular flexibility index (Phi) is 3.45. The summed E-state index contributed by atoms with van der Waals surface area (Å²) in [4.78, 5) is 0. The quantitative estimate of drug-likeness (QED) is 0.707. The molecule has 98 valence electrons. The molecule has 0 radical (unpaired) electrons. The lowest BCUT2D eigenvalue weighted by atomic mass is 9.89. The minimum atomic E-state index is 0.127. The maximum Gasteiger partial charge on any atom is 0.0672 e. The topological polar surface area (TPSA) is 66.7 Å². The van der Waals surface area contributed by atoms with E-state index in [0.29, 0.717) is 0 Å². The fourth-order valence-corrected chi connectivity index (χ4v) is 2.42. The summed E-state index contributed by atoms with van der Waals surface area (Å²) >= 11 is 0.